The highest BCUT2D eigenvalue weighted by Crippen LogP contribution is 2.38. The fourth-order valence-corrected chi connectivity index (χ4v) is 3.73. The van der Waals surface area contributed by atoms with E-state index in [2.05, 4.69) is 9.97 Å². The zero-order valence-electron chi connectivity index (χ0n) is 11.9. The number of hydrogen-bond acceptors (Lipinski definition) is 8. The number of nitrogen functional groups attached to an aromatic ring is 2. The molecule has 6 nitrogen and oxygen atoms in total. The molecule has 9 heteroatoms. The number of hydrogen-bond donors (Lipinski definition) is 2. The fourth-order valence-electron chi connectivity index (χ4n) is 1.96. The third kappa shape index (κ3) is 3.05. The van der Waals surface area contributed by atoms with E-state index in [4.69, 9.17) is 27.8 Å². The predicted octanol–water partition coefficient (Wildman–Crippen LogP) is 3.45. The van der Waals surface area contributed by atoms with Gasteiger partial charge in [0, 0.05) is 5.02 Å². The van der Waals surface area contributed by atoms with E-state index in [9.17, 15) is 4.79 Å². The van der Waals surface area contributed by atoms with Gasteiger partial charge in [-0.1, -0.05) is 11.6 Å². The summed E-state index contributed by atoms with van der Waals surface area (Å²) in [5, 5.41) is 1.81. The number of thioether (sulfide) groups is 1. The molecule has 0 saturated carbocycles. The molecule has 0 radical (unpaired) electrons. The number of nitrogens with zero attached hydrogens (tertiary/aromatic N) is 2. The fraction of sp³-hybridized carbons (Fsp3) is 0.0714. The Bertz CT molecular complexity index is 896. The maximum Gasteiger partial charge on any atom is 0.355 e. The number of nitrogens with two attached hydrogens (primary N) is 2. The number of ether oxygens (including phenoxy) is 1. The molecule has 0 spiro atoms. The molecule has 0 aliphatic heterocycles. The van der Waals surface area contributed by atoms with E-state index in [1.54, 1.807) is 24.3 Å². The van der Waals surface area contributed by atoms with Gasteiger partial charge in [-0.05, 0) is 30.5 Å². The Morgan fingerprint density at radius 2 is 1.96 bits per heavy atom. The van der Waals surface area contributed by atoms with Crippen LogP contribution in [-0.2, 0) is 0 Å². The summed E-state index contributed by atoms with van der Waals surface area (Å²) in [7, 11) is 0. The van der Waals surface area contributed by atoms with E-state index >= 15 is 0 Å². The van der Waals surface area contributed by atoms with E-state index in [0.717, 1.165) is 11.3 Å². The number of anilines is 2. The van der Waals surface area contributed by atoms with E-state index in [1.165, 1.54) is 11.8 Å². The number of thiophene rings is 1. The Balaban J connectivity index is 2.00. The summed E-state index contributed by atoms with van der Waals surface area (Å²) in [5.74, 6) is -0.0360. The molecule has 118 valence electrons. The number of carbonyl (C=O) groups is 1. The van der Waals surface area contributed by atoms with Crippen LogP contribution in [0.4, 0.5) is 11.6 Å². The van der Waals surface area contributed by atoms with Gasteiger partial charge in [-0.3, -0.25) is 0 Å². The number of carbonyl (C=O) groups excluding carboxylic acids is 1. The van der Waals surface area contributed by atoms with E-state index in [-0.39, 0.29) is 10.8 Å². The van der Waals surface area contributed by atoms with Crippen LogP contribution in [0.3, 0.4) is 0 Å². The Morgan fingerprint density at radius 3 is 2.61 bits per heavy atom. The number of halogens is 1. The van der Waals surface area contributed by atoms with Gasteiger partial charge in [0.15, 0.2) is 0 Å². The monoisotopic (exact) mass is 366 g/mol. The smallest absolute Gasteiger partial charge is 0.355 e. The second-order valence-corrected chi connectivity index (χ2v) is 6.69. The van der Waals surface area contributed by atoms with Gasteiger partial charge in [-0.2, -0.15) is 0 Å². The summed E-state index contributed by atoms with van der Waals surface area (Å²) < 4.78 is 5.32. The summed E-state index contributed by atoms with van der Waals surface area (Å²) >= 11 is 8.32. The Morgan fingerprint density at radius 1 is 1.26 bits per heavy atom. The second-order valence-electron chi connectivity index (χ2n) is 4.46. The Kier molecular flexibility index (Phi) is 4.29. The average Bonchev–Trinajstić information content (AvgIpc) is 2.85. The Labute approximate surface area is 144 Å². The molecule has 0 atom stereocenters. The standard InChI is InChI=1S/C14H11ClN4O2S2/c1-22-11-8-9(16)10(23-12(8)19-14(17)18-11)13(20)21-7-4-2-6(15)3-5-7/h2-5H,16H2,1H3,(H2,17,18,19). The molecule has 0 bridgehead atoms. The van der Waals surface area contributed by atoms with Crippen LogP contribution in [0.2, 0.25) is 5.02 Å². The zero-order valence-corrected chi connectivity index (χ0v) is 14.3. The molecular weight excluding hydrogens is 356 g/mol. The SMILES string of the molecule is CSc1nc(N)nc2sc(C(=O)Oc3ccc(Cl)cc3)c(N)c12. The number of esters is 1. The average molecular weight is 367 g/mol. The van der Waals surface area contributed by atoms with Gasteiger partial charge in [0.2, 0.25) is 5.95 Å². The van der Waals surface area contributed by atoms with Crippen molar-refractivity contribution in [3.05, 3.63) is 34.2 Å². The summed E-state index contributed by atoms with van der Waals surface area (Å²) in [4.78, 5) is 21.5. The van der Waals surface area contributed by atoms with Crippen molar-refractivity contribution in [1.29, 1.82) is 0 Å². The summed E-state index contributed by atoms with van der Waals surface area (Å²) in [6.07, 6.45) is 1.85. The van der Waals surface area contributed by atoms with Gasteiger partial charge >= 0.3 is 5.97 Å². The van der Waals surface area contributed by atoms with Crippen LogP contribution in [0.1, 0.15) is 9.67 Å². The Hall–Kier alpha value is -2.03. The van der Waals surface area contributed by atoms with Gasteiger partial charge < -0.3 is 16.2 Å². The molecule has 0 aliphatic carbocycles. The molecule has 2 heterocycles. The molecule has 0 amide bonds. The molecule has 0 aliphatic rings. The van der Waals surface area contributed by atoms with Gasteiger partial charge in [-0.25, -0.2) is 14.8 Å². The second kappa shape index (κ2) is 6.23. The molecule has 0 saturated heterocycles. The molecule has 0 unspecified atom stereocenters. The largest absolute Gasteiger partial charge is 0.422 e. The molecule has 3 rings (SSSR count). The third-order valence-electron chi connectivity index (χ3n) is 2.98. The first kappa shape index (κ1) is 15.9. The van der Waals surface area contributed by atoms with Crippen molar-refractivity contribution < 1.29 is 9.53 Å². The molecule has 4 N–H and O–H groups in total. The highest BCUT2D eigenvalue weighted by molar-refractivity contribution is 7.98. The number of benzene rings is 1. The lowest BCUT2D eigenvalue weighted by molar-refractivity contribution is 0.0741. The number of aromatic nitrogens is 2. The van der Waals surface area contributed by atoms with Crippen molar-refractivity contribution >= 4 is 62.5 Å². The first-order valence-electron chi connectivity index (χ1n) is 6.37. The normalized spacial score (nSPS) is 10.9. The van der Waals surface area contributed by atoms with E-state index < -0.39 is 5.97 Å². The lowest BCUT2D eigenvalue weighted by atomic mass is 10.3. The van der Waals surface area contributed by atoms with Crippen LogP contribution < -0.4 is 16.2 Å². The van der Waals surface area contributed by atoms with Gasteiger partial charge in [0.25, 0.3) is 0 Å². The minimum absolute atomic E-state index is 0.140. The van der Waals surface area contributed by atoms with Gasteiger partial charge in [0.1, 0.15) is 20.5 Å². The minimum atomic E-state index is -0.557. The van der Waals surface area contributed by atoms with E-state index in [1.807, 2.05) is 6.26 Å². The van der Waals surface area contributed by atoms with Crippen LogP contribution in [0.15, 0.2) is 29.3 Å². The van der Waals surface area contributed by atoms with Crippen molar-refractivity contribution in [2.75, 3.05) is 17.7 Å². The predicted molar refractivity (Wildman–Crippen MR) is 94.4 cm³/mol. The topological polar surface area (TPSA) is 104 Å². The first-order valence-corrected chi connectivity index (χ1v) is 8.78. The van der Waals surface area contributed by atoms with Crippen molar-refractivity contribution in [2.45, 2.75) is 5.03 Å². The lowest BCUT2D eigenvalue weighted by Gasteiger charge is -2.03. The lowest BCUT2D eigenvalue weighted by Crippen LogP contribution is -2.08. The summed E-state index contributed by atoms with van der Waals surface area (Å²) in [6, 6.07) is 6.48. The van der Waals surface area contributed by atoms with Crippen molar-refractivity contribution in [3.8, 4) is 5.75 Å². The van der Waals surface area contributed by atoms with Crippen LogP contribution in [0, 0.1) is 0 Å². The molecule has 1 aromatic carbocycles. The van der Waals surface area contributed by atoms with Crippen molar-refractivity contribution in [1.82, 2.24) is 9.97 Å². The number of fused-ring (bicyclic) bond motifs is 1. The highest BCUT2D eigenvalue weighted by Gasteiger charge is 2.22. The van der Waals surface area contributed by atoms with Crippen LogP contribution in [0.5, 0.6) is 5.75 Å². The third-order valence-corrected chi connectivity index (χ3v) is 4.99. The molecule has 3 aromatic rings. The van der Waals surface area contributed by atoms with Crippen molar-refractivity contribution in [3.63, 3.8) is 0 Å². The van der Waals surface area contributed by atoms with E-state index in [0.29, 0.717) is 31.7 Å². The molecule has 2 aromatic heterocycles. The van der Waals surface area contributed by atoms with Gasteiger partial charge in [-0.15, -0.1) is 23.1 Å². The van der Waals surface area contributed by atoms with Gasteiger partial charge in [0.05, 0.1) is 11.1 Å². The summed E-state index contributed by atoms with van der Waals surface area (Å²) in [5.41, 5.74) is 12.1. The van der Waals surface area contributed by atoms with Crippen LogP contribution >= 0.6 is 34.7 Å². The van der Waals surface area contributed by atoms with Crippen LogP contribution in [0.25, 0.3) is 10.2 Å². The zero-order chi connectivity index (χ0) is 16.6. The first-order chi connectivity index (χ1) is 11.0. The van der Waals surface area contributed by atoms with Crippen molar-refractivity contribution in [2.24, 2.45) is 0 Å². The molecule has 0 fully saturated rings. The quantitative estimate of drug-likeness (QED) is 0.316. The maximum absolute atomic E-state index is 12.4. The number of rotatable bonds is 3. The highest BCUT2D eigenvalue weighted by atomic mass is 35.5. The molecule has 23 heavy (non-hydrogen) atoms. The molecular formula is C14H11ClN4O2S2. The maximum atomic E-state index is 12.4. The van der Waals surface area contributed by atoms with Crippen LogP contribution in [-0.4, -0.2) is 22.2 Å². The summed E-state index contributed by atoms with van der Waals surface area (Å²) in [6.45, 7) is 0. The minimum Gasteiger partial charge on any atom is -0.422 e.